The van der Waals surface area contributed by atoms with Crippen molar-refractivity contribution in [2.45, 2.75) is 206 Å². The van der Waals surface area contributed by atoms with E-state index in [0.717, 1.165) is 80.8 Å². The van der Waals surface area contributed by atoms with E-state index in [2.05, 4.69) is 27.7 Å². The lowest BCUT2D eigenvalue weighted by Crippen LogP contribution is -2.16. The van der Waals surface area contributed by atoms with E-state index in [1.807, 2.05) is 0 Å². The summed E-state index contributed by atoms with van der Waals surface area (Å²) in [7, 11) is 2.85. The van der Waals surface area contributed by atoms with Crippen molar-refractivity contribution >= 4 is 0 Å². The zero-order chi connectivity index (χ0) is 39.3. The van der Waals surface area contributed by atoms with Gasteiger partial charge in [-0.1, -0.05) is 118 Å². The van der Waals surface area contributed by atoms with Gasteiger partial charge in [-0.2, -0.15) is 8.78 Å². The van der Waals surface area contributed by atoms with E-state index in [0.29, 0.717) is 35.8 Å². The van der Waals surface area contributed by atoms with Crippen LogP contribution in [0.4, 0.5) is 17.6 Å². The fraction of sp³-hybridized carbons (Fsp3) is 0.750. The molecule has 6 heteroatoms. The van der Waals surface area contributed by atoms with E-state index < -0.39 is 23.3 Å². The summed E-state index contributed by atoms with van der Waals surface area (Å²) in [5, 5.41) is 0. The van der Waals surface area contributed by atoms with E-state index in [9.17, 15) is 17.6 Å². The Kier molecular flexibility index (Phi) is 22.1. The molecule has 54 heavy (non-hydrogen) atoms. The maximum Gasteiger partial charge on any atom is 0.200 e. The lowest BCUT2D eigenvalue weighted by atomic mass is 9.75. The van der Waals surface area contributed by atoms with Crippen LogP contribution in [0.2, 0.25) is 0 Å². The van der Waals surface area contributed by atoms with Crippen LogP contribution in [0.1, 0.15) is 216 Å². The van der Waals surface area contributed by atoms with Crippen molar-refractivity contribution in [1.29, 1.82) is 0 Å². The third-order valence-electron chi connectivity index (χ3n) is 12.6. The fourth-order valence-electron chi connectivity index (χ4n) is 9.20. The molecule has 0 amide bonds. The Hall–Kier alpha value is -2.24. The van der Waals surface area contributed by atoms with Crippen LogP contribution < -0.4 is 9.47 Å². The SMILES string of the molecule is CCCCCCCc1c(C2CCC(CCCCC)CC2)cc(OC)c(F)c1F.CCCCCc1c(C2CCC(CCCCC)CC2)cc(OC)c(F)c1F. The van der Waals surface area contributed by atoms with Gasteiger partial charge in [0.15, 0.2) is 23.1 Å². The Morgan fingerprint density at radius 1 is 0.444 bits per heavy atom. The summed E-state index contributed by atoms with van der Waals surface area (Å²) < 4.78 is 68.5. The second-order valence-electron chi connectivity index (χ2n) is 16.6. The van der Waals surface area contributed by atoms with E-state index in [1.165, 1.54) is 111 Å². The number of halogens is 4. The van der Waals surface area contributed by atoms with Crippen molar-refractivity contribution < 1.29 is 27.0 Å². The lowest BCUT2D eigenvalue weighted by molar-refractivity contribution is 0.299. The van der Waals surface area contributed by atoms with Crippen LogP contribution in [0, 0.1) is 35.1 Å². The molecule has 0 N–H and O–H groups in total. The maximum absolute atomic E-state index is 14.9. The highest BCUT2D eigenvalue weighted by Gasteiger charge is 2.29. The van der Waals surface area contributed by atoms with Gasteiger partial charge in [-0.15, -0.1) is 0 Å². The number of hydrogen-bond acceptors (Lipinski definition) is 2. The van der Waals surface area contributed by atoms with Gasteiger partial charge in [0, 0.05) is 0 Å². The zero-order valence-electron chi connectivity index (χ0n) is 35.2. The molecule has 0 atom stereocenters. The molecule has 0 heterocycles. The van der Waals surface area contributed by atoms with Gasteiger partial charge in [-0.3, -0.25) is 0 Å². The molecule has 2 aromatic carbocycles. The van der Waals surface area contributed by atoms with Crippen molar-refractivity contribution in [3.05, 3.63) is 57.7 Å². The van der Waals surface area contributed by atoms with Crippen molar-refractivity contribution in [2.75, 3.05) is 14.2 Å². The molecule has 0 aliphatic heterocycles. The monoisotopic (exact) mass is 761 g/mol. The molecule has 2 fully saturated rings. The van der Waals surface area contributed by atoms with Crippen LogP contribution in [-0.4, -0.2) is 14.2 Å². The zero-order valence-corrected chi connectivity index (χ0v) is 35.2. The van der Waals surface area contributed by atoms with Crippen LogP contribution in [0.25, 0.3) is 0 Å². The standard InChI is InChI=1S/C25H40F2O.C23H36F2O/c1-4-6-8-9-11-13-21-22(18-23(28-3)25(27)24(21)26)20-16-14-19(15-17-20)12-10-7-5-2;1-4-6-8-10-17-12-14-18(15-13-17)20-16-21(26-3)23(25)22(24)19(20)11-9-7-5-2/h18-20H,4-17H2,1-3H3;16-18H,4-15H2,1-3H3. The van der Waals surface area contributed by atoms with Crippen molar-refractivity contribution in [3.63, 3.8) is 0 Å². The van der Waals surface area contributed by atoms with Crippen molar-refractivity contribution in [3.8, 4) is 11.5 Å². The van der Waals surface area contributed by atoms with Crippen LogP contribution in [0.15, 0.2) is 12.1 Å². The highest BCUT2D eigenvalue weighted by atomic mass is 19.2. The molecule has 308 valence electrons. The molecule has 2 nitrogen and oxygen atoms in total. The molecular formula is C48H76F4O2. The lowest BCUT2D eigenvalue weighted by Gasteiger charge is -2.30. The number of unbranched alkanes of at least 4 members (excludes halogenated alkanes) is 10. The fourth-order valence-corrected chi connectivity index (χ4v) is 9.20. The number of ether oxygens (including phenoxy) is 2. The van der Waals surface area contributed by atoms with Crippen molar-refractivity contribution in [2.24, 2.45) is 11.8 Å². The first-order valence-electron chi connectivity index (χ1n) is 22.3. The molecule has 0 bridgehead atoms. The molecule has 0 spiro atoms. The number of methoxy groups -OCH3 is 2. The molecule has 4 rings (SSSR count). The first-order chi connectivity index (χ1) is 26.2. The molecule has 0 aromatic heterocycles. The van der Waals surface area contributed by atoms with Crippen LogP contribution in [0.3, 0.4) is 0 Å². The minimum Gasteiger partial charge on any atom is -0.494 e. The summed E-state index contributed by atoms with van der Waals surface area (Å²) in [4.78, 5) is 0. The van der Waals surface area contributed by atoms with E-state index in [1.54, 1.807) is 12.1 Å². The first kappa shape index (κ1) is 46.1. The third-order valence-corrected chi connectivity index (χ3v) is 12.6. The predicted molar refractivity (Wildman–Crippen MR) is 219 cm³/mol. The predicted octanol–water partition coefficient (Wildman–Crippen LogP) is 15.9. The van der Waals surface area contributed by atoms with E-state index in [4.69, 9.17) is 9.47 Å². The highest BCUT2D eigenvalue weighted by molar-refractivity contribution is 5.42. The number of benzene rings is 2. The first-order valence-corrected chi connectivity index (χ1v) is 22.3. The summed E-state index contributed by atoms with van der Waals surface area (Å²) in [5.41, 5.74) is 3.23. The van der Waals surface area contributed by atoms with Gasteiger partial charge >= 0.3 is 0 Å². The van der Waals surface area contributed by atoms with Crippen LogP contribution in [-0.2, 0) is 12.8 Å². The second kappa shape index (κ2) is 25.8. The van der Waals surface area contributed by atoms with Gasteiger partial charge in [0.2, 0.25) is 11.6 Å². The van der Waals surface area contributed by atoms with Gasteiger partial charge < -0.3 is 9.47 Å². The minimum absolute atomic E-state index is 0.0572. The molecule has 2 saturated carbocycles. The molecular weight excluding hydrogens is 685 g/mol. The Bertz CT molecular complexity index is 1330. The quantitative estimate of drug-likeness (QED) is 0.0879. The number of hydrogen-bond donors (Lipinski definition) is 0. The Morgan fingerprint density at radius 2 is 0.778 bits per heavy atom. The smallest absolute Gasteiger partial charge is 0.200 e. The molecule has 0 unspecified atom stereocenters. The van der Waals surface area contributed by atoms with Crippen LogP contribution in [0.5, 0.6) is 11.5 Å². The molecule has 2 aliphatic carbocycles. The molecule has 0 radical (unpaired) electrons. The third kappa shape index (κ3) is 14.1. The molecule has 2 aromatic rings. The normalized spacial score (nSPS) is 20.0. The van der Waals surface area contributed by atoms with Crippen LogP contribution >= 0.6 is 0 Å². The Labute approximate surface area is 328 Å². The van der Waals surface area contributed by atoms with Gasteiger partial charge in [-0.25, -0.2) is 8.78 Å². The Morgan fingerprint density at radius 3 is 1.15 bits per heavy atom. The van der Waals surface area contributed by atoms with Gasteiger partial charge in [0.1, 0.15) is 0 Å². The molecule has 0 saturated heterocycles. The van der Waals surface area contributed by atoms with E-state index in [-0.39, 0.29) is 11.5 Å². The summed E-state index contributed by atoms with van der Waals surface area (Å²) >= 11 is 0. The summed E-state index contributed by atoms with van der Waals surface area (Å²) in [6, 6.07) is 3.57. The summed E-state index contributed by atoms with van der Waals surface area (Å²) in [6.07, 6.45) is 29.6. The second-order valence-corrected chi connectivity index (χ2v) is 16.6. The summed E-state index contributed by atoms with van der Waals surface area (Å²) in [5.74, 6) is -0.556. The van der Waals surface area contributed by atoms with E-state index >= 15 is 0 Å². The highest BCUT2D eigenvalue weighted by Crippen LogP contribution is 2.43. The van der Waals surface area contributed by atoms with Gasteiger partial charge in [0.05, 0.1) is 14.2 Å². The topological polar surface area (TPSA) is 18.5 Å². The minimum atomic E-state index is -0.823. The van der Waals surface area contributed by atoms with Gasteiger partial charge in [0.25, 0.3) is 0 Å². The number of rotatable bonds is 22. The Balaban J connectivity index is 0.000000291. The summed E-state index contributed by atoms with van der Waals surface area (Å²) in [6.45, 7) is 8.81. The van der Waals surface area contributed by atoms with Gasteiger partial charge in [-0.05, 0) is 135 Å². The average Bonchev–Trinajstić information content (AvgIpc) is 3.19. The maximum atomic E-state index is 14.9. The van der Waals surface area contributed by atoms with Crippen molar-refractivity contribution in [1.82, 2.24) is 0 Å². The molecule has 2 aliphatic rings. The average molecular weight is 761 g/mol. The largest absolute Gasteiger partial charge is 0.494 e.